The van der Waals surface area contributed by atoms with E-state index in [2.05, 4.69) is 4.98 Å². The third kappa shape index (κ3) is 1.71. The van der Waals surface area contributed by atoms with E-state index in [0.29, 0.717) is 21.4 Å². The Kier molecular flexibility index (Phi) is 2.73. The molecule has 1 heterocycles. The van der Waals surface area contributed by atoms with Crippen molar-refractivity contribution < 1.29 is 0 Å². The molecule has 2 rings (SSSR count). The number of nitrogens with two attached hydrogens (primary N) is 1. The van der Waals surface area contributed by atoms with Gasteiger partial charge in [0.2, 0.25) is 5.82 Å². The van der Waals surface area contributed by atoms with Gasteiger partial charge in [-0.25, -0.2) is 4.98 Å². The van der Waals surface area contributed by atoms with Crippen molar-refractivity contribution >= 4 is 28.9 Å². The SMILES string of the molecule is N#Cc1nccn1-c1cc(Cl)c(Cl)cc1N. The van der Waals surface area contributed by atoms with Crippen molar-refractivity contribution in [2.24, 2.45) is 0 Å². The summed E-state index contributed by atoms with van der Waals surface area (Å²) in [5.41, 5.74) is 6.82. The number of nitrogens with zero attached hydrogens (tertiary/aromatic N) is 3. The normalized spacial score (nSPS) is 10.1. The largest absolute Gasteiger partial charge is 0.397 e. The third-order valence-corrected chi connectivity index (χ3v) is 2.79. The minimum absolute atomic E-state index is 0.241. The predicted octanol–water partition coefficient (Wildman–Crippen LogP) is 2.63. The number of nitrogen functional groups attached to an aromatic ring is 1. The molecule has 2 aromatic rings. The van der Waals surface area contributed by atoms with Crippen LogP contribution in [0.3, 0.4) is 0 Å². The zero-order chi connectivity index (χ0) is 11.7. The third-order valence-electron chi connectivity index (χ3n) is 2.07. The van der Waals surface area contributed by atoms with E-state index in [1.165, 1.54) is 6.20 Å². The molecule has 0 bridgehead atoms. The maximum absolute atomic E-state index is 8.85. The average molecular weight is 253 g/mol. The van der Waals surface area contributed by atoms with E-state index in [0.717, 1.165) is 0 Å². The van der Waals surface area contributed by atoms with Crippen LogP contribution in [0.15, 0.2) is 24.5 Å². The van der Waals surface area contributed by atoms with E-state index in [-0.39, 0.29) is 5.82 Å². The van der Waals surface area contributed by atoms with Gasteiger partial charge < -0.3 is 5.73 Å². The van der Waals surface area contributed by atoms with Crippen LogP contribution in [-0.4, -0.2) is 9.55 Å². The summed E-state index contributed by atoms with van der Waals surface area (Å²) < 4.78 is 1.55. The van der Waals surface area contributed by atoms with Crippen molar-refractivity contribution in [3.63, 3.8) is 0 Å². The van der Waals surface area contributed by atoms with Gasteiger partial charge in [-0.3, -0.25) is 4.57 Å². The van der Waals surface area contributed by atoms with E-state index in [1.54, 1.807) is 22.9 Å². The monoisotopic (exact) mass is 252 g/mol. The van der Waals surface area contributed by atoms with E-state index in [9.17, 15) is 0 Å². The van der Waals surface area contributed by atoms with Gasteiger partial charge in [-0.1, -0.05) is 23.2 Å². The highest BCUT2D eigenvalue weighted by Gasteiger charge is 2.10. The second kappa shape index (κ2) is 4.05. The molecule has 2 N–H and O–H groups in total. The van der Waals surface area contributed by atoms with Crippen molar-refractivity contribution in [1.82, 2.24) is 9.55 Å². The Morgan fingerprint density at radius 2 is 2.00 bits per heavy atom. The first-order chi connectivity index (χ1) is 7.63. The Hall–Kier alpha value is -1.70. The molecule has 16 heavy (non-hydrogen) atoms. The lowest BCUT2D eigenvalue weighted by atomic mass is 10.2. The molecule has 1 aromatic heterocycles. The second-order valence-electron chi connectivity index (χ2n) is 3.06. The van der Waals surface area contributed by atoms with Gasteiger partial charge in [0.15, 0.2) is 0 Å². The number of anilines is 1. The molecule has 0 radical (unpaired) electrons. The second-order valence-corrected chi connectivity index (χ2v) is 3.87. The zero-order valence-corrected chi connectivity index (χ0v) is 9.50. The first-order valence-electron chi connectivity index (χ1n) is 4.32. The molecule has 0 fully saturated rings. The summed E-state index contributed by atoms with van der Waals surface area (Å²) in [4.78, 5) is 3.87. The molecule has 6 heteroatoms. The fraction of sp³-hybridized carbons (Fsp3) is 0. The Bertz CT molecular complexity index is 583. The van der Waals surface area contributed by atoms with Crippen LogP contribution in [0.25, 0.3) is 5.69 Å². The number of aromatic nitrogens is 2. The number of nitriles is 1. The molecule has 0 saturated carbocycles. The summed E-state index contributed by atoms with van der Waals surface area (Å²) in [6.07, 6.45) is 3.15. The van der Waals surface area contributed by atoms with Gasteiger partial charge in [0.05, 0.1) is 21.4 Å². The molecule has 0 aliphatic rings. The van der Waals surface area contributed by atoms with Crippen LogP contribution in [0.2, 0.25) is 10.0 Å². The molecule has 0 atom stereocenters. The minimum Gasteiger partial charge on any atom is -0.397 e. The lowest BCUT2D eigenvalue weighted by molar-refractivity contribution is 1.02. The van der Waals surface area contributed by atoms with Gasteiger partial charge in [-0.15, -0.1) is 0 Å². The fourth-order valence-electron chi connectivity index (χ4n) is 1.34. The molecule has 0 unspecified atom stereocenters. The molecular weight excluding hydrogens is 247 g/mol. The molecule has 4 nitrogen and oxygen atoms in total. The smallest absolute Gasteiger partial charge is 0.217 e. The highest BCUT2D eigenvalue weighted by Crippen LogP contribution is 2.30. The van der Waals surface area contributed by atoms with Crippen LogP contribution in [0.5, 0.6) is 0 Å². The summed E-state index contributed by atoms with van der Waals surface area (Å²) in [6, 6.07) is 5.10. The fourth-order valence-corrected chi connectivity index (χ4v) is 1.67. The molecule has 0 aliphatic carbocycles. The summed E-state index contributed by atoms with van der Waals surface area (Å²) in [6.45, 7) is 0. The molecule has 0 spiro atoms. The van der Waals surface area contributed by atoms with Crippen molar-refractivity contribution in [3.05, 3.63) is 40.4 Å². The average Bonchev–Trinajstić information content (AvgIpc) is 2.71. The van der Waals surface area contributed by atoms with E-state index in [1.807, 2.05) is 6.07 Å². The van der Waals surface area contributed by atoms with Crippen LogP contribution >= 0.6 is 23.2 Å². The number of benzene rings is 1. The first-order valence-corrected chi connectivity index (χ1v) is 5.07. The van der Waals surface area contributed by atoms with Gasteiger partial charge in [-0.2, -0.15) is 5.26 Å². The number of imidazole rings is 1. The van der Waals surface area contributed by atoms with E-state index >= 15 is 0 Å². The van der Waals surface area contributed by atoms with Crippen LogP contribution in [0, 0.1) is 11.3 Å². The Morgan fingerprint density at radius 1 is 1.31 bits per heavy atom. The lowest BCUT2D eigenvalue weighted by Crippen LogP contribution is -2.01. The lowest BCUT2D eigenvalue weighted by Gasteiger charge is -2.08. The number of hydrogen-bond acceptors (Lipinski definition) is 3. The van der Waals surface area contributed by atoms with Crippen LogP contribution in [0.1, 0.15) is 5.82 Å². The van der Waals surface area contributed by atoms with Gasteiger partial charge in [0.25, 0.3) is 0 Å². The van der Waals surface area contributed by atoms with Gasteiger partial charge in [-0.05, 0) is 12.1 Å². The van der Waals surface area contributed by atoms with Crippen molar-refractivity contribution in [3.8, 4) is 11.8 Å². The number of rotatable bonds is 1. The topological polar surface area (TPSA) is 67.6 Å². The standard InChI is InChI=1S/C10H6Cl2N4/c11-6-3-8(14)9(4-7(6)12)16-2-1-15-10(16)5-13/h1-4H,14H2. The summed E-state index contributed by atoms with van der Waals surface area (Å²) in [5.74, 6) is 0.241. The van der Waals surface area contributed by atoms with Gasteiger partial charge >= 0.3 is 0 Å². The van der Waals surface area contributed by atoms with Crippen molar-refractivity contribution in [2.45, 2.75) is 0 Å². The Morgan fingerprint density at radius 3 is 2.69 bits per heavy atom. The first kappa shape index (κ1) is 10.8. The van der Waals surface area contributed by atoms with Gasteiger partial charge in [0.1, 0.15) is 6.07 Å². The maximum Gasteiger partial charge on any atom is 0.217 e. The Labute approximate surface area is 102 Å². The highest BCUT2D eigenvalue weighted by atomic mass is 35.5. The van der Waals surface area contributed by atoms with Crippen LogP contribution < -0.4 is 5.73 Å². The molecule has 0 amide bonds. The molecule has 1 aromatic carbocycles. The molecule has 0 saturated heterocycles. The van der Waals surface area contributed by atoms with Crippen molar-refractivity contribution in [2.75, 3.05) is 5.73 Å². The number of halogens is 2. The Balaban J connectivity index is 2.66. The summed E-state index contributed by atoms with van der Waals surface area (Å²) in [7, 11) is 0. The predicted molar refractivity (Wildman–Crippen MR) is 62.7 cm³/mol. The zero-order valence-electron chi connectivity index (χ0n) is 7.98. The van der Waals surface area contributed by atoms with Crippen LogP contribution in [-0.2, 0) is 0 Å². The molecule has 0 aliphatic heterocycles. The van der Waals surface area contributed by atoms with Crippen LogP contribution in [0.4, 0.5) is 5.69 Å². The molecule has 80 valence electrons. The highest BCUT2D eigenvalue weighted by molar-refractivity contribution is 6.42. The molecular formula is C10H6Cl2N4. The van der Waals surface area contributed by atoms with E-state index < -0.39 is 0 Å². The maximum atomic E-state index is 8.85. The van der Waals surface area contributed by atoms with Crippen molar-refractivity contribution in [1.29, 1.82) is 5.26 Å². The number of hydrogen-bond donors (Lipinski definition) is 1. The quantitative estimate of drug-likeness (QED) is 0.794. The van der Waals surface area contributed by atoms with Gasteiger partial charge in [0, 0.05) is 12.4 Å². The van der Waals surface area contributed by atoms with E-state index in [4.69, 9.17) is 34.2 Å². The minimum atomic E-state index is 0.241. The summed E-state index contributed by atoms with van der Waals surface area (Å²) >= 11 is 11.7. The summed E-state index contributed by atoms with van der Waals surface area (Å²) in [5, 5.41) is 9.60.